The summed E-state index contributed by atoms with van der Waals surface area (Å²) in [6.45, 7) is 1.02. The van der Waals surface area contributed by atoms with Crippen LogP contribution in [0.5, 0.6) is 0 Å². The Labute approximate surface area is 121 Å². The Morgan fingerprint density at radius 2 is 1.75 bits per heavy atom. The van der Waals surface area contributed by atoms with Crippen molar-refractivity contribution in [3.05, 3.63) is 60.2 Å². The maximum Gasteiger partial charge on any atom is 0.0381 e. The molecule has 2 aromatic carbocycles. The molecule has 1 fully saturated rings. The lowest BCUT2D eigenvalue weighted by molar-refractivity contribution is 0.733. The molecule has 1 saturated carbocycles. The van der Waals surface area contributed by atoms with Crippen LogP contribution in [0, 0.1) is 0 Å². The molecule has 0 heterocycles. The number of benzene rings is 2. The van der Waals surface area contributed by atoms with Crippen molar-refractivity contribution >= 4 is 11.4 Å². The molecule has 0 unspecified atom stereocenters. The molecule has 0 aliphatic heterocycles. The number of anilines is 2. The molecule has 0 radical (unpaired) electrons. The predicted molar refractivity (Wildman–Crippen MR) is 86.6 cm³/mol. The highest BCUT2D eigenvalue weighted by atomic mass is 15.1. The van der Waals surface area contributed by atoms with Gasteiger partial charge in [0.25, 0.3) is 0 Å². The fraction of sp³-hybridized carbons (Fsp3) is 0.333. The summed E-state index contributed by atoms with van der Waals surface area (Å²) < 4.78 is 0. The minimum atomic E-state index is 0.357. The monoisotopic (exact) mass is 266 g/mol. The summed E-state index contributed by atoms with van der Waals surface area (Å²) in [4.78, 5) is 2.13. The molecule has 0 saturated heterocycles. The topological polar surface area (TPSA) is 15.3 Å². The largest absolute Gasteiger partial charge is 0.384 e. The molecule has 2 heteroatoms. The molecule has 0 bridgehead atoms. The van der Waals surface area contributed by atoms with Gasteiger partial charge in [-0.25, -0.2) is 0 Å². The molecule has 2 aromatic rings. The standard InChI is InChI=1S/C18H22N2/c1-20(2)17-10-6-9-16(13-17)19-14-18(11-12-18)15-7-4-3-5-8-15/h3-10,13,19H,11-12,14H2,1-2H3. The average Bonchev–Trinajstić information content (AvgIpc) is 3.28. The number of hydrogen-bond acceptors (Lipinski definition) is 2. The second kappa shape index (κ2) is 5.20. The molecular formula is C18H22N2. The molecule has 3 rings (SSSR count). The van der Waals surface area contributed by atoms with Gasteiger partial charge in [0.1, 0.15) is 0 Å². The van der Waals surface area contributed by atoms with E-state index < -0.39 is 0 Å². The van der Waals surface area contributed by atoms with Gasteiger partial charge in [-0.2, -0.15) is 0 Å². The van der Waals surface area contributed by atoms with Gasteiger partial charge in [-0.05, 0) is 36.6 Å². The Balaban J connectivity index is 1.70. The molecule has 0 spiro atoms. The van der Waals surface area contributed by atoms with E-state index in [1.807, 2.05) is 0 Å². The normalized spacial score (nSPS) is 15.7. The first-order chi connectivity index (χ1) is 9.70. The Morgan fingerprint density at radius 1 is 1.00 bits per heavy atom. The quantitative estimate of drug-likeness (QED) is 0.883. The minimum Gasteiger partial charge on any atom is -0.384 e. The van der Waals surface area contributed by atoms with Crippen LogP contribution in [0.4, 0.5) is 11.4 Å². The first-order valence-electron chi connectivity index (χ1n) is 7.26. The third-order valence-corrected chi connectivity index (χ3v) is 4.23. The van der Waals surface area contributed by atoms with E-state index in [-0.39, 0.29) is 0 Å². The van der Waals surface area contributed by atoms with Crippen LogP contribution in [0.3, 0.4) is 0 Å². The van der Waals surface area contributed by atoms with Crippen LogP contribution < -0.4 is 10.2 Å². The van der Waals surface area contributed by atoms with Crippen molar-refractivity contribution < 1.29 is 0 Å². The van der Waals surface area contributed by atoms with Crippen LogP contribution in [0.2, 0.25) is 0 Å². The Hall–Kier alpha value is -1.96. The van der Waals surface area contributed by atoms with Crippen molar-refractivity contribution in [1.82, 2.24) is 0 Å². The number of nitrogens with zero attached hydrogens (tertiary/aromatic N) is 1. The number of hydrogen-bond donors (Lipinski definition) is 1. The summed E-state index contributed by atoms with van der Waals surface area (Å²) in [5.41, 5.74) is 4.27. The molecule has 0 aromatic heterocycles. The summed E-state index contributed by atoms with van der Waals surface area (Å²) >= 11 is 0. The lowest BCUT2D eigenvalue weighted by atomic mass is 9.96. The Morgan fingerprint density at radius 3 is 2.40 bits per heavy atom. The van der Waals surface area contributed by atoms with Gasteiger partial charge in [-0.15, -0.1) is 0 Å². The van der Waals surface area contributed by atoms with Crippen LogP contribution >= 0.6 is 0 Å². The fourth-order valence-electron chi connectivity index (χ4n) is 2.68. The summed E-state index contributed by atoms with van der Waals surface area (Å²) in [6, 6.07) is 19.5. The van der Waals surface area contributed by atoms with Crippen LogP contribution in [-0.4, -0.2) is 20.6 Å². The molecule has 104 valence electrons. The van der Waals surface area contributed by atoms with Gasteiger partial charge in [-0.1, -0.05) is 36.4 Å². The van der Waals surface area contributed by atoms with E-state index in [4.69, 9.17) is 0 Å². The molecule has 1 aliphatic carbocycles. The molecule has 1 aliphatic rings. The second-order valence-corrected chi connectivity index (χ2v) is 5.94. The van der Waals surface area contributed by atoms with Crippen molar-refractivity contribution in [2.75, 3.05) is 30.9 Å². The molecule has 0 atom stereocenters. The Bertz CT molecular complexity index is 571. The van der Waals surface area contributed by atoms with Crippen molar-refractivity contribution in [3.63, 3.8) is 0 Å². The van der Waals surface area contributed by atoms with Gasteiger partial charge >= 0.3 is 0 Å². The minimum absolute atomic E-state index is 0.357. The number of nitrogens with one attached hydrogen (secondary N) is 1. The molecular weight excluding hydrogens is 244 g/mol. The smallest absolute Gasteiger partial charge is 0.0381 e. The van der Waals surface area contributed by atoms with E-state index in [0.29, 0.717) is 5.41 Å². The van der Waals surface area contributed by atoms with Crippen LogP contribution in [0.25, 0.3) is 0 Å². The third kappa shape index (κ3) is 2.64. The third-order valence-electron chi connectivity index (χ3n) is 4.23. The van der Waals surface area contributed by atoms with Crippen LogP contribution in [0.1, 0.15) is 18.4 Å². The van der Waals surface area contributed by atoms with Gasteiger partial charge in [0, 0.05) is 37.4 Å². The van der Waals surface area contributed by atoms with Crippen molar-refractivity contribution in [3.8, 4) is 0 Å². The zero-order valence-corrected chi connectivity index (χ0v) is 12.3. The second-order valence-electron chi connectivity index (χ2n) is 5.94. The highest BCUT2D eigenvalue weighted by Gasteiger charge is 2.43. The van der Waals surface area contributed by atoms with E-state index >= 15 is 0 Å². The zero-order chi connectivity index (χ0) is 14.0. The van der Waals surface area contributed by atoms with Gasteiger partial charge in [0.15, 0.2) is 0 Å². The lowest BCUT2D eigenvalue weighted by Gasteiger charge is -2.19. The molecule has 20 heavy (non-hydrogen) atoms. The van der Waals surface area contributed by atoms with Crippen LogP contribution in [-0.2, 0) is 5.41 Å². The van der Waals surface area contributed by atoms with Crippen molar-refractivity contribution in [2.45, 2.75) is 18.3 Å². The van der Waals surface area contributed by atoms with Gasteiger partial charge < -0.3 is 10.2 Å². The predicted octanol–water partition coefficient (Wildman–Crippen LogP) is 3.90. The molecule has 1 N–H and O–H groups in total. The van der Waals surface area contributed by atoms with Gasteiger partial charge in [-0.3, -0.25) is 0 Å². The Kier molecular flexibility index (Phi) is 3.39. The summed E-state index contributed by atoms with van der Waals surface area (Å²) in [6.07, 6.45) is 2.58. The van der Waals surface area contributed by atoms with E-state index in [1.54, 1.807) is 0 Å². The van der Waals surface area contributed by atoms with E-state index in [1.165, 1.54) is 29.8 Å². The highest BCUT2D eigenvalue weighted by Crippen LogP contribution is 2.48. The average molecular weight is 266 g/mol. The van der Waals surface area contributed by atoms with Crippen molar-refractivity contribution in [1.29, 1.82) is 0 Å². The number of rotatable bonds is 5. The maximum absolute atomic E-state index is 3.61. The summed E-state index contributed by atoms with van der Waals surface area (Å²) in [7, 11) is 4.15. The summed E-state index contributed by atoms with van der Waals surface area (Å²) in [5, 5.41) is 3.61. The summed E-state index contributed by atoms with van der Waals surface area (Å²) in [5.74, 6) is 0. The van der Waals surface area contributed by atoms with E-state index in [9.17, 15) is 0 Å². The first-order valence-corrected chi connectivity index (χ1v) is 7.26. The molecule has 0 amide bonds. The van der Waals surface area contributed by atoms with Gasteiger partial charge in [0.2, 0.25) is 0 Å². The lowest BCUT2D eigenvalue weighted by Crippen LogP contribution is -2.19. The first kappa shape index (κ1) is 13.0. The van der Waals surface area contributed by atoms with E-state index in [2.05, 4.69) is 78.9 Å². The highest BCUT2D eigenvalue weighted by molar-refractivity contribution is 5.58. The SMILES string of the molecule is CN(C)c1cccc(NCC2(c3ccccc3)CC2)c1. The van der Waals surface area contributed by atoms with Crippen molar-refractivity contribution in [2.24, 2.45) is 0 Å². The fourth-order valence-corrected chi connectivity index (χ4v) is 2.68. The maximum atomic E-state index is 3.61. The molecule has 2 nitrogen and oxygen atoms in total. The van der Waals surface area contributed by atoms with E-state index in [0.717, 1.165) is 6.54 Å². The zero-order valence-electron chi connectivity index (χ0n) is 12.3. The van der Waals surface area contributed by atoms with Crippen LogP contribution in [0.15, 0.2) is 54.6 Å². The van der Waals surface area contributed by atoms with Gasteiger partial charge in [0.05, 0.1) is 0 Å².